The van der Waals surface area contributed by atoms with Gasteiger partial charge in [-0.15, -0.1) is 0 Å². The van der Waals surface area contributed by atoms with Gasteiger partial charge >= 0.3 is 18.9 Å². The van der Waals surface area contributed by atoms with Gasteiger partial charge in [0.2, 0.25) is 0 Å². The molecule has 19 heavy (non-hydrogen) atoms. The predicted octanol–water partition coefficient (Wildman–Crippen LogP) is 1.12. The quantitative estimate of drug-likeness (QED) is 0.461. The van der Waals surface area contributed by atoms with E-state index < -0.39 is 5.24 Å². The number of hydrogen-bond acceptors (Lipinski definition) is 2. The van der Waals surface area contributed by atoms with Crippen LogP contribution in [-0.2, 0) is 11.8 Å². The molecule has 0 aliphatic carbocycles. The molecule has 0 unspecified atom stereocenters. The summed E-state index contributed by atoms with van der Waals surface area (Å²) in [7, 11) is 0. The van der Waals surface area contributed by atoms with Gasteiger partial charge in [0.1, 0.15) is 0 Å². The van der Waals surface area contributed by atoms with Crippen LogP contribution in [0.4, 0.5) is 0 Å². The molecule has 0 nitrogen and oxygen atoms in total. The molecule has 0 N–H and O–H groups in total. The van der Waals surface area contributed by atoms with Gasteiger partial charge in [-0.3, -0.25) is 0 Å². The van der Waals surface area contributed by atoms with E-state index in [4.69, 9.17) is 11.8 Å². The molecule has 2 aromatic carbocycles. The van der Waals surface area contributed by atoms with E-state index in [-0.39, 0.29) is 18.9 Å². The molecule has 0 heterocycles. The monoisotopic (exact) mass is 296 g/mol. The van der Waals surface area contributed by atoms with Crippen molar-refractivity contribution in [2.75, 3.05) is 0 Å². The summed E-state index contributed by atoms with van der Waals surface area (Å²) in [6, 6.07) is 20.7. The van der Waals surface area contributed by atoms with Crippen LogP contribution in [0.15, 0.2) is 73.3 Å². The Labute approximate surface area is 136 Å². The zero-order valence-electron chi connectivity index (χ0n) is 10.9. The normalized spacial score (nSPS) is 10.3. The Morgan fingerprint density at radius 3 is 1.74 bits per heavy atom. The third kappa shape index (κ3) is 4.05. The molecule has 0 aliphatic rings. The Morgan fingerprint density at radius 1 is 0.947 bits per heavy atom. The van der Waals surface area contributed by atoms with Crippen molar-refractivity contribution in [3.05, 3.63) is 79.1 Å². The van der Waals surface area contributed by atoms with Gasteiger partial charge < -0.3 is 0 Å². The average molecular weight is 296 g/mol. The first-order valence-electron chi connectivity index (χ1n) is 5.61. The summed E-state index contributed by atoms with van der Waals surface area (Å²) in [6.07, 6.45) is 1.80. The van der Waals surface area contributed by atoms with Crippen LogP contribution in [0.2, 0.25) is 0 Å². The molecule has 2 rings (SSSR count). The summed E-state index contributed by atoms with van der Waals surface area (Å²) in [5.41, 5.74) is 0. The Balaban J connectivity index is 0.00000180. The summed E-state index contributed by atoms with van der Waals surface area (Å²) in [5, 5.41) is 0.644. The van der Waals surface area contributed by atoms with Crippen molar-refractivity contribution in [3.8, 4) is 0 Å². The summed E-state index contributed by atoms with van der Waals surface area (Å²) in [5.74, 6) is 2.00. The molecule has 0 saturated heterocycles. The van der Waals surface area contributed by atoms with Crippen LogP contribution in [-0.4, -0.2) is 0 Å². The molecule has 2 aromatic rings. The van der Waals surface area contributed by atoms with Crippen molar-refractivity contribution in [1.82, 2.24) is 0 Å². The molecule has 0 fully saturated rings. The zero-order valence-corrected chi connectivity index (χ0v) is 13.4. The third-order valence-corrected chi connectivity index (χ3v) is 9.62. The minimum Gasteiger partial charge on any atom is -0.244 e. The van der Waals surface area contributed by atoms with Gasteiger partial charge in [-0.2, -0.15) is 17.1 Å². The first kappa shape index (κ1) is 16.7. The molecule has 92 valence electrons. The molecular weight excluding hydrogens is 282 g/mol. The van der Waals surface area contributed by atoms with Gasteiger partial charge in [-0.1, -0.05) is 72.5 Å². The second-order valence-corrected chi connectivity index (χ2v) is 10.9. The Bertz CT molecular complexity index is 511. The van der Waals surface area contributed by atoms with E-state index in [9.17, 15) is 0 Å². The molecular formula is C15H14LiPS2. The van der Waals surface area contributed by atoms with Gasteiger partial charge in [-0.05, 0) is 10.6 Å². The second kappa shape index (κ2) is 8.05. The molecule has 0 bridgehead atoms. The first-order valence-corrected chi connectivity index (χ1v) is 9.90. The largest absolute Gasteiger partial charge is 1.00 e. The molecule has 0 aromatic heterocycles. The summed E-state index contributed by atoms with van der Waals surface area (Å²) in [4.78, 5) is 0. The summed E-state index contributed by atoms with van der Waals surface area (Å²) < 4.78 is 0. The van der Waals surface area contributed by atoms with E-state index in [1.165, 1.54) is 10.6 Å². The maximum absolute atomic E-state index is 6.00. The molecule has 4 heteroatoms. The zero-order chi connectivity index (χ0) is 12.8. The summed E-state index contributed by atoms with van der Waals surface area (Å²) in [6.45, 7) is 3.75. The smallest absolute Gasteiger partial charge is 0.244 e. The van der Waals surface area contributed by atoms with E-state index in [1.54, 1.807) is 17.5 Å². The van der Waals surface area contributed by atoms with E-state index in [2.05, 4.69) is 30.8 Å². The van der Waals surface area contributed by atoms with Gasteiger partial charge in [-0.25, -0.2) is 12.7 Å². The van der Waals surface area contributed by atoms with Crippen molar-refractivity contribution in [2.45, 2.75) is 0 Å². The van der Waals surface area contributed by atoms with E-state index >= 15 is 0 Å². The maximum atomic E-state index is 6.00. The van der Waals surface area contributed by atoms with E-state index in [0.29, 0.717) is 0 Å². The van der Waals surface area contributed by atoms with Crippen LogP contribution in [0, 0.1) is 5.75 Å². The minimum absolute atomic E-state index is 0. The maximum Gasteiger partial charge on any atom is 1.00 e. The standard InChI is InChI=1S/C15H14PS2.Li/c1-2-13-18-16(17,14-9-5-3-6-10-14)15-11-7-4-8-12-15;/h2-13H,1H2;/q-1;+1. The van der Waals surface area contributed by atoms with Gasteiger partial charge in [0.05, 0.1) is 0 Å². The fourth-order valence-electron chi connectivity index (χ4n) is 1.65. The molecule has 0 radical (unpaired) electrons. The van der Waals surface area contributed by atoms with Crippen molar-refractivity contribution in [3.63, 3.8) is 0 Å². The van der Waals surface area contributed by atoms with Crippen LogP contribution in [0.3, 0.4) is 0 Å². The topological polar surface area (TPSA) is 0 Å². The molecule has 0 saturated carbocycles. The molecule has 0 atom stereocenters. The SMILES string of the molecule is C=C[CH-]SP(=S)(c1ccccc1)c1ccccc1.[Li+]. The number of rotatable bonds is 5. The number of benzene rings is 2. The fourth-order valence-corrected chi connectivity index (χ4v) is 6.99. The minimum atomic E-state index is -1.82. The average Bonchev–Trinajstić information content (AvgIpc) is 2.46. The van der Waals surface area contributed by atoms with Gasteiger partial charge in [0, 0.05) is 5.24 Å². The molecule has 0 spiro atoms. The first-order chi connectivity index (χ1) is 8.77. The summed E-state index contributed by atoms with van der Waals surface area (Å²) >= 11 is 7.71. The van der Waals surface area contributed by atoms with Crippen LogP contribution in [0.25, 0.3) is 0 Å². The Kier molecular flexibility index (Phi) is 7.08. The molecule has 0 amide bonds. The third-order valence-electron chi connectivity index (χ3n) is 2.50. The van der Waals surface area contributed by atoms with Crippen molar-refractivity contribution in [2.24, 2.45) is 0 Å². The van der Waals surface area contributed by atoms with Crippen LogP contribution in [0.1, 0.15) is 0 Å². The van der Waals surface area contributed by atoms with E-state index in [0.717, 1.165) is 0 Å². The van der Waals surface area contributed by atoms with Crippen molar-refractivity contribution >= 4 is 39.0 Å². The van der Waals surface area contributed by atoms with Crippen molar-refractivity contribution < 1.29 is 18.9 Å². The fraction of sp³-hybridized carbons (Fsp3) is 0. The van der Waals surface area contributed by atoms with Crippen LogP contribution >= 0.6 is 16.6 Å². The van der Waals surface area contributed by atoms with Gasteiger partial charge in [0.25, 0.3) is 0 Å². The predicted molar refractivity (Wildman–Crippen MR) is 88.5 cm³/mol. The van der Waals surface area contributed by atoms with Crippen LogP contribution < -0.4 is 29.5 Å². The Morgan fingerprint density at radius 2 is 1.37 bits per heavy atom. The molecule has 0 aliphatic heterocycles. The Hall–Kier alpha value is -0.353. The van der Waals surface area contributed by atoms with Gasteiger partial charge in [0.15, 0.2) is 0 Å². The van der Waals surface area contributed by atoms with E-state index in [1.807, 2.05) is 42.2 Å². The van der Waals surface area contributed by atoms with Crippen molar-refractivity contribution in [1.29, 1.82) is 0 Å². The second-order valence-electron chi connectivity index (χ2n) is 3.70. The number of hydrogen-bond donors (Lipinski definition) is 0. The van der Waals surface area contributed by atoms with Crippen LogP contribution in [0.5, 0.6) is 0 Å².